The fraction of sp³-hybridized carbons (Fsp3) is 0.357. The maximum Gasteiger partial charge on any atom is 0.217 e. The first-order chi connectivity index (χ1) is 8.08. The van der Waals surface area contributed by atoms with E-state index >= 15 is 0 Å². The summed E-state index contributed by atoms with van der Waals surface area (Å²) in [5, 5.41) is 10.5. The lowest BCUT2D eigenvalue weighted by Crippen LogP contribution is -2.23. The molecule has 0 fully saturated rings. The van der Waals surface area contributed by atoms with Crippen LogP contribution in [0.3, 0.4) is 0 Å². The predicted molar refractivity (Wildman–Crippen MR) is 68.4 cm³/mol. The van der Waals surface area contributed by atoms with Crippen molar-refractivity contribution in [1.29, 1.82) is 0 Å². The Morgan fingerprint density at radius 1 is 1.29 bits per heavy atom. The summed E-state index contributed by atoms with van der Waals surface area (Å²) in [5.74, 6) is 0.586. The molecule has 0 spiro atoms. The van der Waals surface area contributed by atoms with E-state index in [9.17, 15) is 5.11 Å². The first-order valence-corrected chi connectivity index (χ1v) is 5.63. The maximum absolute atomic E-state index is 9.46. The minimum absolute atomic E-state index is 0.0589. The van der Waals surface area contributed by atoms with Crippen molar-refractivity contribution in [3.63, 3.8) is 0 Å². The third-order valence-corrected chi connectivity index (χ3v) is 3.01. The van der Waals surface area contributed by atoms with Gasteiger partial charge in [-0.25, -0.2) is 4.98 Å². The molecule has 90 valence electrons. The first-order valence-electron chi connectivity index (χ1n) is 5.63. The lowest BCUT2D eigenvalue weighted by atomic mass is 9.85. The van der Waals surface area contributed by atoms with E-state index in [1.807, 2.05) is 44.2 Å². The first kappa shape index (κ1) is 11.9. The van der Waals surface area contributed by atoms with Crippen molar-refractivity contribution in [3.8, 4) is 5.88 Å². The molecule has 2 rings (SSSR count). The van der Waals surface area contributed by atoms with Crippen molar-refractivity contribution >= 4 is 10.9 Å². The van der Waals surface area contributed by atoms with Gasteiger partial charge < -0.3 is 9.84 Å². The van der Waals surface area contributed by atoms with E-state index in [4.69, 9.17) is 4.74 Å². The smallest absolute Gasteiger partial charge is 0.217 e. The van der Waals surface area contributed by atoms with E-state index in [-0.39, 0.29) is 12.0 Å². The average molecular weight is 231 g/mol. The van der Waals surface area contributed by atoms with Gasteiger partial charge in [-0.2, -0.15) is 0 Å². The van der Waals surface area contributed by atoms with Crippen molar-refractivity contribution in [1.82, 2.24) is 4.98 Å². The van der Waals surface area contributed by atoms with Gasteiger partial charge in [0.15, 0.2) is 0 Å². The highest BCUT2D eigenvalue weighted by Crippen LogP contribution is 2.32. The lowest BCUT2D eigenvalue weighted by molar-refractivity contribution is 0.214. The van der Waals surface area contributed by atoms with Crippen LogP contribution in [0.1, 0.15) is 19.4 Å². The van der Waals surface area contributed by atoms with E-state index < -0.39 is 0 Å². The Balaban J connectivity index is 2.69. The normalized spacial score (nSPS) is 11.8. The Labute approximate surface area is 101 Å². The molecule has 0 radical (unpaired) electrons. The van der Waals surface area contributed by atoms with Crippen LogP contribution in [0.5, 0.6) is 5.88 Å². The summed E-state index contributed by atoms with van der Waals surface area (Å²) in [4.78, 5) is 4.47. The molecule has 0 bridgehead atoms. The average Bonchev–Trinajstić information content (AvgIpc) is 2.37. The van der Waals surface area contributed by atoms with E-state index in [0.29, 0.717) is 5.88 Å². The van der Waals surface area contributed by atoms with Crippen molar-refractivity contribution in [2.24, 2.45) is 0 Å². The molecular weight excluding hydrogens is 214 g/mol. The second-order valence-corrected chi connectivity index (χ2v) is 4.78. The largest absolute Gasteiger partial charge is 0.481 e. The minimum atomic E-state index is -0.359. The van der Waals surface area contributed by atoms with Crippen LogP contribution in [0.15, 0.2) is 30.3 Å². The number of ether oxygens (including phenoxy) is 1. The molecule has 0 aliphatic heterocycles. The van der Waals surface area contributed by atoms with Crippen LogP contribution in [0, 0.1) is 0 Å². The summed E-state index contributed by atoms with van der Waals surface area (Å²) in [6.45, 7) is 4.01. The van der Waals surface area contributed by atoms with Gasteiger partial charge in [0.1, 0.15) is 0 Å². The zero-order chi connectivity index (χ0) is 12.5. The Morgan fingerprint density at radius 2 is 2.00 bits per heavy atom. The SMILES string of the molecule is COc1nc2ccccc2cc1C(C)(C)CO. The quantitative estimate of drug-likeness (QED) is 0.882. The molecule has 0 aliphatic carbocycles. The number of hydrogen-bond donors (Lipinski definition) is 1. The molecule has 2 aromatic rings. The highest BCUT2D eigenvalue weighted by Gasteiger charge is 2.25. The number of fused-ring (bicyclic) bond motifs is 1. The van der Waals surface area contributed by atoms with Crippen LogP contribution < -0.4 is 4.74 Å². The van der Waals surface area contributed by atoms with Crippen molar-refractivity contribution < 1.29 is 9.84 Å². The molecule has 0 atom stereocenters. The molecule has 0 saturated heterocycles. The van der Waals surface area contributed by atoms with E-state index in [1.54, 1.807) is 7.11 Å². The molecule has 3 heteroatoms. The van der Waals surface area contributed by atoms with Gasteiger partial charge in [0.25, 0.3) is 0 Å². The number of pyridine rings is 1. The van der Waals surface area contributed by atoms with Gasteiger partial charge in [-0.3, -0.25) is 0 Å². The number of nitrogens with zero attached hydrogens (tertiary/aromatic N) is 1. The summed E-state index contributed by atoms with van der Waals surface area (Å²) < 4.78 is 5.32. The Hall–Kier alpha value is -1.61. The van der Waals surface area contributed by atoms with Crippen LogP contribution in [0.4, 0.5) is 0 Å². The van der Waals surface area contributed by atoms with E-state index in [0.717, 1.165) is 16.5 Å². The molecule has 17 heavy (non-hydrogen) atoms. The molecule has 1 aromatic carbocycles. The summed E-state index contributed by atoms with van der Waals surface area (Å²) >= 11 is 0. The van der Waals surface area contributed by atoms with Crippen LogP contribution >= 0.6 is 0 Å². The van der Waals surface area contributed by atoms with Gasteiger partial charge in [0.05, 0.1) is 19.2 Å². The van der Waals surface area contributed by atoms with E-state index in [1.165, 1.54) is 0 Å². The molecular formula is C14H17NO2. The topological polar surface area (TPSA) is 42.4 Å². The van der Waals surface area contributed by atoms with Gasteiger partial charge in [0, 0.05) is 16.4 Å². The van der Waals surface area contributed by atoms with Gasteiger partial charge >= 0.3 is 0 Å². The highest BCUT2D eigenvalue weighted by molar-refractivity contribution is 5.80. The molecule has 0 aliphatic rings. The monoisotopic (exact) mass is 231 g/mol. The maximum atomic E-state index is 9.46. The van der Waals surface area contributed by atoms with Gasteiger partial charge in [-0.05, 0) is 12.1 Å². The number of benzene rings is 1. The van der Waals surface area contributed by atoms with Crippen molar-refractivity contribution in [3.05, 3.63) is 35.9 Å². The third kappa shape index (κ3) is 2.11. The van der Waals surface area contributed by atoms with Gasteiger partial charge in [-0.1, -0.05) is 32.0 Å². The second-order valence-electron chi connectivity index (χ2n) is 4.78. The fourth-order valence-electron chi connectivity index (χ4n) is 1.82. The minimum Gasteiger partial charge on any atom is -0.481 e. The Kier molecular flexibility index (Phi) is 3.03. The summed E-state index contributed by atoms with van der Waals surface area (Å²) in [5.41, 5.74) is 1.48. The summed E-state index contributed by atoms with van der Waals surface area (Å²) in [6.07, 6.45) is 0. The van der Waals surface area contributed by atoms with Crippen molar-refractivity contribution in [2.45, 2.75) is 19.3 Å². The third-order valence-electron chi connectivity index (χ3n) is 3.01. The molecule has 1 aromatic heterocycles. The van der Waals surface area contributed by atoms with Crippen LogP contribution in [-0.2, 0) is 5.41 Å². The summed E-state index contributed by atoms with van der Waals surface area (Å²) in [7, 11) is 1.61. The molecule has 0 saturated carbocycles. The highest BCUT2D eigenvalue weighted by atomic mass is 16.5. The van der Waals surface area contributed by atoms with Crippen molar-refractivity contribution in [2.75, 3.05) is 13.7 Å². The number of para-hydroxylation sites is 1. The zero-order valence-corrected chi connectivity index (χ0v) is 10.4. The molecule has 3 nitrogen and oxygen atoms in total. The zero-order valence-electron chi connectivity index (χ0n) is 10.4. The number of methoxy groups -OCH3 is 1. The number of hydrogen-bond acceptors (Lipinski definition) is 3. The molecule has 1 N–H and O–H groups in total. The molecule has 1 heterocycles. The number of aliphatic hydroxyl groups excluding tert-OH is 1. The lowest BCUT2D eigenvalue weighted by Gasteiger charge is -2.24. The number of rotatable bonds is 3. The van der Waals surface area contributed by atoms with Gasteiger partial charge in [0.2, 0.25) is 5.88 Å². The van der Waals surface area contributed by atoms with Crippen LogP contribution in [0.25, 0.3) is 10.9 Å². The summed E-state index contributed by atoms with van der Waals surface area (Å²) in [6, 6.07) is 9.93. The molecule has 0 unspecified atom stereocenters. The Morgan fingerprint density at radius 3 is 2.65 bits per heavy atom. The second kappa shape index (κ2) is 4.34. The predicted octanol–water partition coefficient (Wildman–Crippen LogP) is 2.51. The molecule has 0 amide bonds. The number of aromatic nitrogens is 1. The van der Waals surface area contributed by atoms with Crippen LogP contribution in [-0.4, -0.2) is 23.8 Å². The Bertz CT molecular complexity index is 535. The number of aliphatic hydroxyl groups is 1. The van der Waals surface area contributed by atoms with Crippen LogP contribution in [0.2, 0.25) is 0 Å². The fourth-order valence-corrected chi connectivity index (χ4v) is 1.82. The van der Waals surface area contributed by atoms with Gasteiger partial charge in [-0.15, -0.1) is 0 Å². The standard InChI is InChI=1S/C14H17NO2/c1-14(2,9-16)11-8-10-6-4-5-7-12(10)15-13(11)17-3/h4-8,16H,9H2,1-3H3. The van der Waals surface area contributed by atoms with E-state index in [2.05, 4.69) is 4.98 Å².